The number of rotatable bonds is 12. The average molecular weight is 597 g/mol. The van der Waals surface area contributed by atoms with E-state index in [1.807, 2.05) is 27.7 Å². The van der Waals surface area contributed by atoms with Gasteiger partial charge in [0.25, 0.3) is 14.4 Å². The molecule has 1 aliphatic rings. The fourth-order valence-corrected chi connectivity index (χ4v) is 5.92. The Labute approximate surface area is 247 Å². The van der Waals surface area contributed by atoms with E-state index in [1.165, 1.54) is 31.0 Å². The molecule has 0 aliphatic carbocycles. The van der Waals surface area contributed by atoms with Crippen LogP contribution in [0.2, 0.25) is 0 Å². The van der Waals surface area contributed by atoms with Crippen LogP contribution in [0.5, 0.6) is 0 Å². The first-order valence-corrected chi connectivity index (χ1v) is 13.9. The Morgan fingerprint density at radius 1 is 1.32 bits per heavy atom. The van der Waals surface area contributed by atoms with E-state index in [1.54, 1.807) is 30.3 Å². The molecule has 2 N–H and O–H groups in total. The van der Waals surface area contributed by atoms with Crippen LogP contribution in [0.4, 0.5) is 5.82 Å². The van der Waals surface area contributed by atoms with Gasteiger partial charge in [-0.15, -0.1) is 0 Å². The third kappa shape index (κ3) is 9.65. The molecule has 1 saturated heterocycles. The molecule has 12 nitrogen and oxygen atoms in total. The first kappa shape index (κ1) is 32.8. The van der Waals surface area contributed by atoms with E-state index in [9.17, 15) is 9.59 Å². The van der Waals surface area contributed by atoms with Gasteiger partial charge in [0.2, 0.25) is 7.98 Å². The number of aliphatic hydroxyl groups excluding tert-OH is 1. The number of ether oxygens (including phenoxy) is 2. The van der Waals surface area contributed by atoms with Crippen molar-refractivity contribution in [3.05, 3.63) is 70.1 Å². The van der Waals surface area contributed by atoms with E-state index in [4.69, 9.17) is 27.9 Å². The molecule has 0 saturated carbocycles. The minimum absolute atomic E-state index is 0. The van der Waals surface area contributed by atoms with Crippen molar-refractivity contribution in [1.29, 1.82) is 1.43 Å². The van der Waals surface area contributed by atoms with Crippen molar-refractivity contribution < 1.29 is 29.8 Å². The standard InChI is InChI=1S/C26H36N5O6P.CH4O.CH4/c1-17(2)31(18(3)4)38(35-16-14-27-6)37-22-19(5)36-25(23(22)34-7)30-15-13-21(29-26(30)33)28-24(32)20-11-9-8-10-12-20;1-2;/h8-13,15,17-19,22-23,25H,14,16H2,1-5,7H3,(H,28,29,32,33);2H,1H3;1H4/t19-,22-,23-,25-,38?;;/m1../s1/i5D;2T;. The van der Waals surface area contributed by atoms with Crippen LogP contribution in [-0.2, 0) is 18.5 Å². The van der Waals surface area contributed by atoms with Crippen LogP contribution in [0, 0.1) is 6.57 Å². The third-order valence-electron chi connectivity index (χ3n) is 5.80. The van der Waals surface area contributed by atoms with Gasteiger partial charge >= 0.3 is 5.69 Å². The Kier molecular flexibility index (Phi) is 14.3. The molecule has 13 heteroatoms. The molecule has 1 aromatic heterocycles. The number of carbonyl (C=O) groups excluding carboxylic acids is 1. The van der Waals surface area contributed by atoms with Crippen LogP contribution in [0.1, 0.15) is 60.0 Å². The van der Waals surface area contributed by atoms with Gasteiger partial charge in [0, 0.05) is 39.4 Å². The topological polar surface area (TPSA) is 129 Å². The van der Waals surface area contributed by atoms with Gasteiger partial charge in [0.1, 0.15) is 24.6 Å². The molecular weight excluding hydrogens is 549 g/mol. The largest absolute Gasteiger partial charge is 0.400 e. The Morgan fingerprint density at radius 2 is 1.98 bits per heavy atom. The molecule has 1 aromatic carbocycles. The van der Waals surface area contributed by atoms with Gasteiger partial charge in [-0.05, 0) is 52.8 Å². The molecule has 0 bridgehead atoms. The van der Waals surface area contributed by atoms with E-state index in [2.05, 4.69) is 24.9 Å². The SMILES string of the molecule is C.[2H]C[C@H]1O[C@@H](n2ccc(NC(=O)c3ccccc3)nc2=O)[C@H](OC)[C@@H]1OP(OCC[N+]#[C-])N(C(C)C)C(C)C.[3H]OC. The van der Waals surface area contributed by atoms with Crippen LogP contribution in [-0.4, -0.2) is 84.4 Å². The molecule has 0 radical (unpaired) electrons. The molecule has 1 unspecified atom stereocenters. The number of anilines is 1. The molecule has 1 amide bonds. The summed E-state index contributed by atoms with van der Waals surface area (Å²) in [6.07, 6.45) is -1.62. The van der Waals surface area contributed by atoms with Gasteiger partial charge in [-0.25, -0.2) is 16.0 Å². The van der Waals surface area contributed by atoms with E-state index >= 15 is 0 Å². The Bertz CT molecular complexity index is 1190. The summed E-state index contributed by atoms with van der Waals surface area (Å²) in [5, 5.41) is 6.12. The van der Waals surface area contributed by atoms with Crippen molar-refractivity contribution in [3.63, 3.8) is 0 Å². The molecule has 228 valence electrons. The van der Waals surface area contributed by atoms with Gasteiger partial charge in [-0.2, -0.15) is 4.98 Å². The molecule has 0 spiro atoms. The summed E-state index contributed by atoms with van der Waals surface area (Å²) >= 11 is 0. The maximum Gasteiger partial charge on any atom is 0.351 e. The summed E-state index contributed by atoms with van der Waals surface area (Å²) in [4.78, 5) is 32.9. The number of aliphatic hydroxyl groups is 1. The van der Waals surface area contributed by atoms with Crippen molar-refractivity contribution in [2.75, 3.05) is 32.7 Å². The highest BCUT2D eigenvalue weighted by Gasteiger charge is 2.47. The van der Waals surface area contributed by atoms with Crippen LogP contribution < -0.4 is 11.0 Å². The van der Waals surface area contributed by atoms with E-state index in [-0.39, 0.29) is 51.3 Å². The molecular formula is C28H44N5O7P. The first-order valence-electron chi connectivity index (χ1n) is 13.9. The van der Waals surface area contributed by atoms with Crippen molar-refractivity contribution in [2.24, 2.45) is 0 Å². The predicted octanol–water partition coefficient (Wildman–Crippen LogP) is 4.34. The molecule has 2 heterocycles. The zero-order valence-corrected chi connectivity index (χ0v) is 24.6. The molecule has 1 aliphatic heterocycles. The molecule has 2 aromatic rings. The number of amides is 1. The molecule has 41 heavy (non-hydrogen) atoms. The van der Waals surface area contributed by atoms with Crippen LogP contribution in [0.3, 0.4) is 0 Å². The highest BCUT2D eigenvalue weighted by molar-refractivity contribution is 7.44. The maximum atomic E-state index is 13.0. The second kappa shape index (κ2) is 17.9. The Morgan fingerprint density at radius 3 is 2.51 bits per heavy atom. The fraction of sp³-hybridized carbons (Fsp3) is 0.571. The van der Waals surface area contributed by atoms with Crippen molar-refractivity contribution in [1.82, 2.24) is 14.2 Å². The summed E-state index contributed by atoms with van der Waals surface area (Å²) in [5.74, 6) is -0.288. The minimum atomic E-state index is -1.63. The molecule has 3 rings (SSSR count). The number of nitrogens with one attached hydrogen (secondary N) is 1. The zero-order valence-electron chi connectivity index (χ0n) is 25.7. The highest BCUT2D eigenvalue weighted by Crippen LogP contribution is 2.50. The number of aromatic nitrogens is 2. The summed E-state index contributed by atoms with van der Waals surface area (Å²) in [6.45, 7) is 15.5. The lowest BCUT2D eigenvalue weighted by molar-refractivity contribution is -0.0509. The number of methoxy groups -OCH3 is 1. The van der Waals surface area contributed by atoms with Crippen LogP contribution in [0.15, 0.2) is 47.4 Å². The predicted molar refractivity (Wildman–Crippen MR) is 159 cm³/mol. The summed E-state index contributed by atoms with van der Waals surface area (Å²) in [6, 6.07) is 10.3. The summed E-state index contributed by atoms with van der Waals surface area (Å²) in [5.41, 5.74) is -0.217. The van der Waals surface area contributed by atoms with Gasteiger partial charge in [0.15, 0.2) is 6.23 Å². The first-order chi connectivity index (χ1) is 20.1. The van der Waals surface area contributed by atoms with E-state index < -0.39 is 38.8 Å². The van der Waals surface area contributed by atoms with Gasteiger partial charge in [-0.3, -0.25) is 9.36 Å². The number of benzene rings is 1. The second-order valence-corrected chi connectivity index (χ2v) is 10.6. The smallest absolute Gasteiger partial charge is 0.351 e. The van der Waals surface area contributed by atoms with Crippen LogP contribution in [0.25, 0.3) is 4.85 Å². The van der Waals surface area contributed by atoms with Gasteiger partial charge in [0.05, 0.1) is 6.10 Å². The number of nitrogens with zero attached hydrogens (tertiary/aromatic N) is 4. The quantitative estimate of drug-likeness (QED) is 0.209. The second-order valence-electron chi connectivity index (χ2n) is 9.18. The van der Waals surface area contributed by atoms with Crippen molar-refractivity contribution in [3.8, 4) is 0 Å². The van der Waals surface area contributed by atoms with E-state index in [0.29, 0.717) is 5.56 Å². The van der Waals surface area contributed by atoms with Gasteiger partial charge in [-0.1, -0.05) is 25.6 Å². The lowest BCUT2D eigenvalue weighted by atomic mass is 10.1. The number of hydrogen-bond donors (Lipinski definition) is 2. The summed E-state index contributed by atoms with van der Waals surface area (Å²) in [7, 11) is 1.15. The summed E-state index contributed by atoms with van der Waals surface area (Å²) < 4.78 is 41.5. The van der Waals surface area contributed by atoms with Crippen molar-refractivity contribution >= 4 is 20.3 Å². The highest BCUT2D eigenvalue weighted by atomic mass is 31.2. The maximum absolute atomic E-state index is 13.0. The zero-order chi connectivity index (χ0) is 31.2. The van der Waals surface area contributed by atoms with Gasteiger partial charge < -0.3 is 33.8 Å². The monoisotopic (exact) mass is 596 g/mol. The van der Waals surface area contributed by atoms with Crippen LogP contribution >= 0.6 is 8.53 Å². The fourth-order valence-electron chi connectivity index (χ4n) is 4.16. The molecule has 1 fully saturated rings. The number of carbonyl (C=O) groups is 1. The number of hydrogen-bond acceptors (Lipinski definition) is 9. The lowest BCUT2D eigenvalue weighted by Gasteiger charge is -2.37. The lowest BCUT2D eigenvalue weighted by Crippen LogP contribution is -2.40. The van der Waals surface area contributed by atoms with E-state index in [0.717, 1.165) is 0 Å². The Balaban J connectivity index is 0.00000221. The Hall–Kier alpha value is -2.75. The molecule has 5 atom stereocenters. The average Bonchev–Trinajstić information content (AvgIpc) is 3.30. The minimum Gasteiger partial charge on any atom is -0.400 e. The normalized spacial score (nSPS) is 21.3. The third-order valence-corrected chi connectivity index (χ3v) is 7.93. The van der Waals surface area contributed by atoms with Crippen molar-refractivity contribution in [2.45, 2.75) is 78.6 Å².